The van der Waals surface area contributed by atoms with E-state index in [1.807, 2.05) is 10.9 Å². The van der Waals surface area contributed by atoms with Gasteiger partial charge in [0.25, 0.3) is 0 Å². The SMILES string of the molecule is CS(=O)(=O)c1ccc(-c2cn(C3CCCCC3)nc2C(O)CC([NH])=O)cc1. The van der Waals surface area contributed by atoms with Gasteiger partial charge in [0.2, 0.25) is 5.91 Å². The molecule has 8 heteroatoms. The zero-order valence-electron chi connectivity index (χ0n) is 15.3. The number of amides is 1. The molecular formula is C19H24N3O4S. The normalized spacial score (nSPS) is 17.0. The van der Waals surface area contributed by atoms with E-state index < -0.39 is 21.8 Å². The fourth-order valence-corrected chi connectivity index (χ4v) is 4.19. The molecule has 1 aliphatic rings. The van der Waals surface area contributed by atoms with Crippen molar-refractivity contribution in [3.8, 4) is 11.1 Å². The van der Waals surface area contributed by atoms with Gasteiger partial charge in [0, 0.05) is 18.0 Å². The number of aromatic nitrogens is 2. The smallest absolute Gasteiger partial charge is 0.241 e. The number of benzene rings is 1. The third kappa shape index (κ3) is 4.56. The van der Waals surface area contributed by atoms with Crippen molar-refractivity contribution < 1.29 is 18.3 Å². The molecule has 1 radical (unpaired) electrons. The summed E-state index contributed by atoms with van der Waals surface area (Å²) < 4.78 is 25.2. The minimum Gasteiger partial charge on any atom is -0.386 e. The van der Waals surface area contributed by atoms with Crippen LogP contribution in [0.4, 0.5) is 0 Å². The van der Waals surface area contributed by atoms with E-state index in [0.717, 1.165) is 37.5 Å². The number of hydrogen-bond donors (Lipinski definition) is 1. The molecule has 1 aromatic heterocycles. The highest BCUT2D eigenvalue weighted by atomic mass is 32.2. The van der Waals surface area contributed by atoms with Gasteiger partial charge in [-0.3, -0.25) is 15.2 Å². The lowest BCUT2D eigenvalue weighted by atomic mass is 9.96. The highest BCUT2D eigenvalue weighted by Crippen LogP contribution is 2.34. The van der Waals surface area contributed by atoms with Crippen molar-refractivity contribution >= 4 is 15.7 Å². The minimum atomic E-state index is -3.30. The summed E-state index contributed by atoms with van der Waals surface area (Å²) in [5.41, 5.74) is 8.87. The van der Waals surface area contributed by atoms with Gasteiger partial charge in [-0.1, -0.05) is 31.4 Å². The standard InChI is InChI=1S/C19H24N3O4S/c1-27(25,26)15-9-7-13(8-10-15)16-12-22(14-5-3-2-4-6-14)21-19(16)17(23)11-18(20)24/h7-10,12,14,17,20,23H,2-6,11H2,1H3. The maximum absolute atomic E-state index is 11.7. The lowest BCUT2D eigenvalue weighted by molar-refractivity contribution is -0.120. The molecule has 3 rings (SSSR count). The molecule has 1 unspecified atom stereocenters. The molecule has 1 atom stereocenters. The summed E-state index contributed by atoms with van der Waals surface area (Å²) in [7, 11) is -3.30. The van der Waals surface area contributed by atoms with Crippen LogP contribution < -0.4 is 5.73 Å². The first-order valence-corrected chi connectivity index (χ1v) is 11.0. The van der Waals surface area contributed by atoms with Gasteiger partial charge in [0.05, 0.1) is 23.1 Å². The minimum absolute atomic E-state index is 0.217. The van der Waals surface area contributed by atoms with Crippen LogP contribution in [0.1, 0.15) is 56.4 Å². The lowest BCUT2D eigenvalue weighted by Crippen LogP contribution is -2.14. The number of carbonyl (C=O) groups is 1. The molecule has 1 heterocycles. The molecule has 1 fully saturated rings. The zero-order valence-corrected chi connectivity index (χ0v) is 16.1. The van der Waals surface area contributed by atoms with Crippen molar-refractivity contribution in [2.24, 2.45) is 0 Å². The maximum Gasteiger partial charge on any atom is 0.241 e. The third-order valence-electron chi connectivity index (χ3n) is 5.00. The summed E-state index contributed by atoms with van der Waals surface area (Å²) in [5.74, 6) is -0.854. The number of aliphatic hydroxyl groups is 1. The summed E-state index contributed by atoms with van der Waals surface area (Å²) in [5, 5.41) is 15.0. The van der Waals surface area contributed by atoms with E-state index in [4.69, 9.17) is 5.73 Å². The van der Waals surface area contributed by atoms with E-state index >= 15 is 0 Å². The molecule has 0 bridgehead atoms. The van der Waals surface area contributed by atoms with Crippen LogP contribution in [-0.4, -0.2) is 35.5 Å². The average molecular weight is 390 g/mol. The fourth-order valence-electron chi connectivity index (χ4n) is 3.56. The molecule has 1 amide bonds. The van der Waals surface area contributed by atoms with E-state index in [1.54, 1.807) is 12.1 Å². The number of aliphatic hydroxyl groups excluding tert-OH is 1. The first-order chi connectivity index (χ1) is 12.8. The Morgan fingerprint density at radius 2 is 1.89 bits per heavy atom. The van der Waals surface area contributed by atoms with Crippen molar-refractivity contribution in [2.75, 3.05) is 6.26 Å². The second kappa shape index (κ2) is 7.82. The van der Waals surface area contributed by atoms with E-state index in [0.29, 0.717) is 11.3 Å². The molecule has 145 valence electrons. The highest BCUT2D eigenvalue weighted by Gasteiger charge is 2.24. The van der Waals surface area contributed by atoms with Crippen LogP contribution in [0.2, 0.25) is 0 Å². The van der Waals surface area contributed by atoms with Gasteiger partial charge in [0.15, 0.2) is 9.84 Å². The molecule has 1 saturated carbocycles. The van der Waals surface area contributed by atoms with Crippen LogP contribution in [0.15, 0.2) is 35.4 Å². The average Bonchev–Trinajstić information content (AvgIpc) is 3.07. The van der Waals surface area contributed by atoms with Crippen molar-refractivity contribution in [1.29, 1.82) is 0 Å². The van der Waals surface area contributed by atoms with Gasteiger partial charge < -0.3 is 5.11 Å². The van der Waals surface area contributed by atoms with Crippen LogP contribution in [0.25, 0.3) is 11.1 Å². The Bertz CT molecular complexity index is 913. The number of nitrogens with one attached hydrogen (secondary N) is 1. The molecule has 1 aromatic carbocycles. The number of sulfone groups is 1. The Morgan fingerprint density at radius 3 is 2.44 bits per heavy atom. The largest absolute Gasteiger partial charge is 0.386 e. The third-order valence-corrected chi connectivity index (χ3v) is 6.13. The maximum atomic E-state index is 11.7. The summed E-state index contributed by atoms with van der Waals surface area (Å²) in [4.78, 5) is 11.4. The van der Waals surface area contributed by atoms with Crippen LogP contribution >= 0.6 is 0 Å². The van der Waals surface area contributed by atoms with E-state index in [2.05, 4.69) is 5.10 Å². The first-order valence-electron chi connectivity index (χ1n) is 9.08. The second-order valence-corrected chi connectivity index (χ2v) is 9.16. The number of rotatable bonds is 6. The monoisotopic (exact) mass is 390 g/mol. The molecule has 0 aliphatic heterocycles. The molecular weight excluding hydrogens is 366 g/mol. The molecule has 27 heavy (non-hydrogen) atoms. The summed E-state index contributed by atoms with van der Waals surface area (Å²) in [6.07, 6.45) is 7.03. The van der Waals surface area contributed by atoms with Gasteiger partial charge in [0.1, 0.15) is 6.10 Å². The molecule has 7 nitrogen and oxygen atoms in total. The van der Waals surface area contributed by atoms with Crippen molar-refractivity contribution in [1.82, 2.24) is 15.5 Å². The molecule has 0 saturated heterocycles. The van der Waals surface area contributed by atoms with Crippen molar-refractivity contribution in [2.45, 2.75) is 55.6 Å². The molecule has 2 N–H and O–H groups in total. The topological polar surface area (TPSA) is 113 Å². The molecule has 1 aliphatic carbocycles. The molecule has 2 aromatic rings. The zero-order chi connectivity index (χ0) is 19.6. The van der Waals surface area contributed by atoms with Crippen molar-refractivity contribution in [3.05, 3.63) is 36.2 Å². The summed E-state index contributed by atoms with van der Waals surface area (Å²) >= 11 is 0. The van der Waals surface area contributed by atoms with Crippen LogP contribution in [-0.2, 0) is 14.6 Å². The number of hydrogen-bond acceptors (Lipinski definition) is 5. The number of carbonyl (C=O) groups excluding carboxylic acids is 1. The molecule has 0 spiro atoms. The van der Waals surface area contributed by atoms with E-state index in [1.165, 1.54) is 18.6 Å². The van der Waals surface area contributed by atoms with Crippen LogP contribution in [0.5, 0.6) is 0 Å². The van der Waals surface area contributed by atoms with E-state index in [-0.39, 0.29) is 17.4 Å². The van der Waals surface area contributed by atoms with Gasteiger partial charge in [-0.15, -0.1) is 0 Å². The van der Waals surface area contributed by atoms with Crippen LogP contribution in [0, 0.1) is 0 Å². The Kier molecular flexibility index (Phi) is 5.67. The lowest BCUT2D eigenvalue weighted by Gasteiger charge is -2.21. The Hall–Kier alpha value is -2.19. The van der Waals surface area contributed by atoms with E-state index in [9.17, 15) is 18.3 Å². The van der Waals surface area contributed by atoms with Crippen molar-refractivity contribution in [3.63, 3.8) is 0 Å². The van der Waals surface area contributed by atoms with Gasteiger partial charge in [-0.25, -0.2) is 8.42 Å². The predicted octanol–water partition coefficient (Wildman–Crippen LogP) is 2.69. The highest BCUT2D eigenvalue weighted by molar-refractivity contribution is 7.90. The van der Waals surface area contributed by atoms with Gasteiger partial charge >= 0.3 is 0 Å². The van der Waals surface area contributed by atoms with Crippen LogP contribution in [0.3, 0.4) is 0 Å². The fraction of sp³-hybridized carbons (Fsp3) is 0.474. The Morgan fingerprint density at radius 1 is 1.26 bits per heavy atom. The Labute approximate surface area is 159 Å². The van der Waals surface area contributed by atoms with Gasteiger partial charge in [-0.2, -0.15) is 5.10 Å². The second-order valence-electron chi connectivity index (χ2n) is 7.14. The first kappa shape index (κ1) is 19.6. The number of nitrogens with zero attached hydrogens (tertiary/aromatic N) is 2. The quantitative estimate of drug-likeness (QED) is 0.815. The Balaban J connectivity index is 2.00. The summed E-state index contributed by atoms with van der Waals surface area (Å²) in [6, 6.07) is 6.65. The van der Waals surface area contributed by atoms with Gasteiger partial charge in [-0.05, 0) is 30.5 Å². The predicted molar refractivity (Wildman–Crippen MR) is 101 cm³/mol. The summed E-state index contributed by atoms with van der Waals surface area (Å²) in [6.45, 7) is 0.